The Labute approximate surface area is 149 Å². The van der Waals surface area contributed by atoms with Crippen molar-refractivity contribution >= 4 is 12.6 Å². The van der Waals surface area contributed by atoms with Gasteiger partial charge in [0.25, 0.3) is 0 Å². The summed E-state index contributed by atoms with van der Waals surface area (Å²) in [6.07, 6.45) is 0. The molecule has 0 N–H and O–H groups in total. The van der Waals surface area contributed by atoms with E-state index < -0.39 is 18.3 Å². The minimum atomic E-state index is -0.712. The Morgan fingerprint density at radius 2 is 1.56 bits per heavy atom. The fourth-order valence-corrected chi connectivity index (χ4v) is 2.61. The number of ether oxygens (including phenoxy) is 1. The van der Waals surface area contributed by atoms with Crippen molar-refractivity contribution in [1.82, 2.24) is 0 Å². The maximum absolute atomic E-state index is 14.5. The Morgan fingerprint density at radius 3 is 2.12 bits per heavy atom. The van der Waals surface area contributed by atoms with Gasteiger partial charge in [0, 0.05) is 11.5 Å². The van der Waals surface area contributed by atoms with Gasteiger partial charge in [0.05, 0.1) is 11.2 Å². The van der Waals surface area contributed by atoms with Gasteiger partial charge in [0.15, 0.2) is 0 Å². The van der Waals surface area contributed by atoms with Crippen molar-refractivity contribution in [1.29, 1.82) is 0 Å². The van der Waals surface area contributed by atoms with E-state index in [1.807, 2.05) is 58.9 Å². The van der Waals surface area contributed by atoms with Gasteiger partial charge in [-0.15, -0.1) is 0 Å². The van der Waals surface area contributed by atoms with Crippen molar-refractivity contribution < 1.29 is 18.4 Å². The Kier molecular flexibility index (Phi) is 4.65. The van der Waals surface area contributed by atoms with Crippen LogP contribution in [0.15, 0.2) is 42.5 Å². The molecule has 0 bridgehead atoms. The van der Waals surface area contributed by atoms with E-state index in [0.717, 1.165) is 5.56 Å². The molecule has 2 aromatic carbocycles. The lowest BCUT2D eigenvalue weighted by atomic mass is 9.78. The highest BCUT2D eigenvalue weighted by Crippen LogP contribution is 2.36. The first-order valence-electron chi connectivity index (χ1n) is 8.51. The lowest BCUT2D eigenvalue weighted by Gasteiger charge is -2.32. The van der Waals surface area contributed by atoms with Crippen LogP contribution in [0.4, 0.5) is 4.39 Å². The second-order valence-electron chi connectivity index (χ2n) is 7.55. The Morgan fingerprint density at radius 1 is 0.960 bits per heavy atom. The maximum Gasteiger partial charge on any atom is 0.497 e. The molecule has 0 saturated carbocycles. The summed E-state index contributed by atoms with van der Waals surface area (Å²) in [7, 11) is -0.712. The van der Waals surface area contributed by atoms with E-state index in [-0.39, 0.29) is 5.82 Å². The molecule has 0 spiro atoms. The number of benzene rings is 2. The molecule has 1 heterocycles. The maximum atomic E-state index is 14.5. The first-order valence-corrected chi connectivity index (χ1v) is 8.51. The van der Waals surface area contributed by atoms with Gasteiger partial charge in [0.1, 0.15) is 18.2 Å². The lowest BCUT2D eigenvalue weighted by Crippen LogP contribution is -2.41. The number of halogens is 1. The van der Waals surface area contributed by atoms with E-state index in [0.29, 0.717) is 17.8 Å². The fourth-order valence-electron chi connectivity index (χ4n) is 2.61. The predicted octanol–water partition coefficient (Wildman–Crippen LogP) is 4.01. The lowest BCUT2D eigenvalue weighted by molar-refractivity contribution is 0.00578. The SMILES string of the molecule is Cc1ccc(COc2ccc(B3OC(C)(C)C(C)(C)O3)c(F)c2)cc1. The van der Waals surface area contributed by atoms with Crippen LogP contribution in [-0.4, -0.2) is 18.3 Å². The van der Waals surface area contributed by atoms with Gasteiger partial charge >= 0.3 is 7.12 Å². The molecule has 1 aliphatic heterocycles. The van der Waals surface area contributed by atoms with E-state index in [4.69, 9.17) is 14.0 Å². The van der Waals surface area contributed by atoms with Crippen LogP contribution in [0, 0.1) is 12.7 Å². The molecule has 0 radical (unpaired) electrons. The number of rotatable bonds is 4. The molecule has 0 atom stereocenters. The summed E-state index contributed by atoms with van der Waals surface area (Å²) in [5.74, 6) is 0.0956. The van der Waals surface area contributed by atoms with Crippen molar-refractivity contribution in [3.05, 3.63) is 59.4 Å². The molecule has 1 saturated heterocycles. The highest BCUT2D eigenvalue weighted by atomic mass is 19.1. The Hall–Kier alpha value is -1.85. The summed E-state index contributed by atoms with van der Waals surface area (Å²) >= 11 is 0. The molecule has 0 amide bonds. The number of hydrogen-bond donors (Lipinski definition) is 0. The summed E-state index contributed by atoms with van der Waals surface area (Å²) in [4.78, 5) is 0. The topological polar surface area (TPSA) is 27.7 Å². The minimum absolute atomic E-state index is 0.389. The van der Waals surface area contributed by atoms with Gasteiger partial charge < -0.3 is 14.0 Å². The Balaban J connectivity index is 1.70. The Bertz CT molecular complexity index is 740. The molecule has 0 unspecified atom stereocenters. The molecule has 3 nitrogen and oxygen atoms in total. The van der Waals surface area contributed by atoms with Gasteiger partial charge in [-0.2, -0.15) is 0 Å². The molecule has 132 valence electrons. The predicted molar refractivity (Wildman–Crippen MR) is 97.6 cm³/mol. The zero-order valence-corrected chi connectivity index (χ0v) is 15.4. The molecule has 5 heteroatoms. The van der Waals surface area contributed by atoms with Gasteiger partial charge in [-0.3, -0.25) is 0 Å². The van der Waals surface area contributed by atoms with Crippen molar-refractivity contribution in [2.45, 2.75) is 52.4 Å². The van der Waals surface area contributed by atoms with Crippen LogP contribution >= 0.6 is 0 Å². The van der Waals surface area contributed by atoms with Crippen LogP contribution in [0.3, 0.4) is 0 Å². The molecule has 25 heavy (non-hydrogen) atoms. The summed E-state index contributed by atoms with van der Waals surface area (Å²) < 4.78 is 32.1. The van der Waals surface area contributed by atoms with Gasteiger partial charge in [-0.1, -0.05) is 35.9 Å². The largest absolute Gasteiger partial charge is 0.497 e. The van der Waals surface area contributed by atoms with Crippen LogP contribution in [0.25, 0.3) is 0 Å². The smallest absolute Gasteiger partial charge is 0.489 e. The van der Waals surface area contributed by atoms with Gasteiger partial charge in [-0.05, 0) is 46.2 Å². The van der Waals surface area contributed by atoms with Crippen LogP contribution < -0.4 is 10.2 Å². The third-order valence-electron chi connectivity index (χ3n) is 5.01. The first-order chi connectivity index (χ1) is 11.7. The van der Waals surface area contributed by atoms with E-state index in [1.165, 1.54) is 11.6 Å². The highest BCUT2D eigenvalue weighted by molar-refractivity contribution is 6.62. The van der Waals surface area contributed by atoms with Crippen molar-refractivity contribution in [3.8, 4) is 5.75 Å². The summed E-state index contributed by atoms with van der Waals surface area (Å²) in [6, 6.07) is 12.9. The summed E-state index contributed by atoms with van der Waals surface area (Å²) in [6.45, 7) is 10.2. The summed E-state index contributed by atoms with van der Waals surface area (Å²) in [5.41, 5.74) is 1.64. The van der Waals surface area contributed by atoms with Crippen LogP contribution in [-0.2, 0) is 15.9 Å². The first kappa shape index (κ1) is 18.0. The minimum Gasteiger partial charge on any atom is -0.489 e. The van der Waals surface area contributed by atoms with Crippen molar-refractivity contribution in [2.75, 3.05) is 0 Å². The second-order valence-corrected chi connectivity index (χ2v) is 7.55. The molecule has 3 rings (SSSR count). The average molecular weight is 342 g/mol. The third kappa shape index (κ3) is 3.72. The average Bonchev–Trinajstić information content (AvgIpc) is 2.74. The summed E-state index contributed by atoms with van der Waals surface area (Å²) in [5, 5.41) is 0. The molecule has 1 fully saturated rings. The molecular weight excluding hydrogens is 318 g/mol. The van der Waals surface area contributed by atoms with Crippen LogP contribution in [0.5, 0.6) is 5.75 Å². The quantitative estimate of drug-likeness (QED) is 0.786. The molecule has 0 aromatic heterocycles. The van der Waals surface area contributed by atoms with Crippen molar-refractivity contribution in [3.63, 3.8) is 0 Å². The standard InChI is InChI=1S/C20H24BFO3/c1-14-6-8-15(9-7-14)13-23-16-10-11-17(18(22)12-16)21-24-19(2,3)20(4,5)25-21/h6-12H,13H2,1-5H3. The van der Waals surface area contributed by atoms with Gasteiger partial charge in [-0.25, -0.2) is 4.39 Å². The zero-order chi connectivity index (χ0) is 18.2. The van der Waals surface area contributed by atoms with E-state index in [1.54, 1.807) is 12.1 Å². The molecular formula is C20H24BFO3. The normalized spacial score (nSPS) is 18.4. The van der Waals surface area contributed by atoms with Gasteiger partial charge in [0.2, 0.25) is 0 Å². The third-order valence-corrected chi connectivity index (χ3v) is 5.01. The van der Waals surface area contributed by atoms with E-state index >= 15 is 0 Å². The van der Waals surface area contributed by atoms with Crippen LogP contribution in [0.2, 0.25) is 0 Å². The van der Waals surface area contributed by atoms with E-state index in [2.05, 4.69) is 0 Å². The monoisotopic (exact) mass is 342 g/mol. The zero-order valence-electron chi connectivity index (χ0n) is 15.4. The molecule has 0 aliphatic carbocycles. The number of aryl methyl sites for hydroxylation is 1. The second kappa shape index (κ2) is 6.47. The van der Waals surface area contributed by atoms with Crippen LogP contribution in [0.1, 0.15) is 38.8 Å². The molecule has 1 aliphatic rings. The fraction of sp³-hybridized carbons (Fsp3) is 0.400. The van der Waals surface area contributed by atoms with Crippen molar-refractivity contribution in [2.24, 2.45) is 0 Å². The number of hydrogen-bond acceptors (Lipinski definition) is 3. The van der Waals surface area contributed by atoms with E-state index in [9.17, 15) is 4.39 Å². The molecule has 2 aromatic rings. The highest BCUT2D eigenvalue weighted by Gasteiger charge is 2.52.